The van der Waals surface area contributed by atoms with Gasteiger partial charge in [0.1, 0.15) is 5.92 Å². The van der Waals surface area contributed by atoms with Crippen molar-refractivity contribution in [3.8, 4) is 0 Å². The summed E-state index contributed by atoms with van der Waals surface area (Å²) < 4.78 is 4.99. The van der Waals surface area contributed by atoms with Gasteiger partial charge in [0.25, 0.3) is 0 Å². The first-order valence-corrected chi connectivity index (χ1v) is 5.92. The molecule has 0 bridgehead atoms. The minimum absolute atomic E-state index is 0.0263. The number of ether oxygens (including phenoxy) is 1. The second-order valence-electron chi connectivity index (χ2n) is 4.35. The molecule has 0 aliphatic heterocycles. The number of Topliss-reactive ketones (excluding diaryl/α,β-unsaturated/α-hetero) is 1. The zero-order valence-electron chi connectivity index (χ0n) is 10.2. The number of hydrogen-bond donors (Lipinski definition) is 0. The number of carbonyl (C=O) groups is 2. The van der Waals surface area contributed by atoms with Crippen LogP contribution in [0.2, 0.25) is 0 Å². The monoisotopic (exact) mass is 232 g/mol. The molecular formula is C14H16O3. The Labute approximate surface area is 101 Å². The first kappa shape index (κ1) is 11.8. The van der Waals surface area contributed by atoms with Crippen LogP contribution in [0.25, 0.3) is 0 Å². The summed E-state index contributed by atoms with van der Waals surface area (Å²) in [6, 6.07) is 5.94. The smallest absolute Gasteiger partial charge is 0.321 e. The molecule has 3 nitrogen and oxygen atoms in total. The van der Waals surface area contributed by atoms with E-state index in [9.17, 15) is 9.59 Å². The first-order chi connectivity index (χ1) is 8.13. The van der Waals surface area contributed by atoms with Gasteiger partial charge >= 0.3 is 5.97 Å². The Hall–Kier alpha value is -1.64. The molecule has 1 aromatic carbocycles. The van der Waals surface area contributed by atoms with Crippen LogP contribution < -0.4 is 0 Å². The first-order valence-electron chi connectivity index (χ1n) is 5.92. The average molecular weight is 232 g/mol. The second-order valence-corrected chi connectivity index (χ2v) is 4.35. The van der Waals surface area contributed by atoms with Crippen LogP contribution >= 0.6 is 0 Å². The van der Waals surface area contributed by atoms with Crippen LogP contribution in [0.15, 0.2) is 18.2 Å². The lowest BCUT2D eigenvalue weighted by atomic mass is 9.81. The van der Waals surface area contributed by atoms with E-state index in [4.69, 9.17) is 4.74 Å². The van der Waals surface area contributed by atoms with Crippen LogP contribution in [0.1, 0.15) is 36.0 Å². The third kappa shape index (κ3) is 2.23. The van der Waals surface area contributed by atoms with Crippen molar-refractivity contribution in [2.24, 2.45) is 0 Å². The molecule has 0 saturated heterocycles. The van der Waals surface area contributed by atoms with Crippen LogP contribution in [0.3, 0.4) is 0 Å². The lowest BCUT2D eigenvalue weighted by molar-refractivity contribution is -0.148. The third-order valence-electron chi connectivity index (χ3n) is 3.10. The summed E-state index contributed by atoms with van der Waals surface area (Å²) in [4.78, 5) is 23.7. The second kappa shape index (κ2) is 4.70. The summed E-state index contributed by atoms with van der Waals surface area (Å²) in [5.74, 6) is -1.15. The number of aryl methyl sites for hydroxylation is 2. The predicted octanol–water partition coefficient (Wildman–Crippen LogP) is 2.16. The highest BCUT2D eigenvalue weighted by molar-refractivity contribution is 6.05. The lowest BCUT2D eigenvalue weighted by Gasteiger charge is -2.23. The fraction of sp³-hybridized carbons (Fsp3) is 0.429. The van der Waals surface area contributed by atoms with E-state index in [1.165, 1.54) is 0 Å². The molecule has 1 aliphatic rings. The van der Waals surface area contributed by atoms with Crippen molar-refractivity contribution in [2.75, 3.05) is 6.61 Å². The average Bonchev–Trinajstić information content (AvgIpc) is 2.28. The van der Waals surface area contributed by atoms with Crippen molar-refractivity contribution in [3.63, 3.8) is 0 Å². The molecule has 0 N–H and O–H groups in total. The minimum Gasteiger partial charge on any atom is -0.465 e. The Kier molecular flexibility index (Phi) is 3.27. The lowest BCUT2D eigenvalue weighted by Crippen LogP contribution is -2.29. The van der Waals surface area contributed by atoms with E-state index in [2.05, 4.69) is 0 Å². The fourth-order valence-electron chi connectivity index (χ4n) is 2.27. The molecule has 3 heteroatoms. The van der Waals surface area contributed by atoms with Crippen LogP contribution in [0.4, 0.5) is 0 Å². The highest BCUT2D eigenvalue weighted by atomic mass is 16.5. The largest absolute Gasteiger partial charge is 0.465 e. The molecule has 1 atom stereocenters. The van der Waals surface area contributed by atoms with Gasteiger partial charge in [-0.2, -0.15) is 0 Å². The summed E-state index contributed by atoms with van der Waals surface area (Å²) in [6.45, 7) is 4.02. The molecule has 1 aromatic rings. The van der Waals surface area contributed by atoms with Gasteiger partial charge in [0.2, 0.25) is 0 Å². The van der Waals surface area contributed by atoms with E-state index in [0.717, 1.165) is 23.1 Å². The maximum Gasteiger partial charge on any atom is 0.321 e. The van der Waals surface area contributed by atoms with Crippen molar-refractivity contribution >= 4 is 11.8 Å². The Balaban J connectivity index is 2.42. The van der Waals surface area contributed by atoms with Crippen LogP contribution in [-0.4, -0.2) is 18.4 Å². The van der Waals surface area contributed by atoms with E-state index in [0.29, 0.717) is 13.0 Å². The zero-order valence-corrected chi connectivity index (χ0v) is 10.2. The molecule has 90 valence electrons. The molecule has 0 spiro atoms. The Morgan fingerprint density at radius 1 is 1.41 bits per heavy atom. The number of esters is 1. The van der Waals surface area contributed by atoms with E-state index in [-0.39, 0.29) is 5.78 Å². The van der Waals surface area contributed by atoms with Gasteiger partial charge < -0.3 is 4.74 Å². The molecular weight excluding hydrogens is 216 g/mol. The topological polar surface area (TPSA) is 43.4 Å². The predicted molar refractivity (Wildman–Crippen MR) is 63.9 cm³/mol. The SMILES string of the molecule is CCOC(=O)C1C(=O)CCc2ccc(C)cc21. The van der Waals surface area contributed by atoms with Gasteiger partial charge in [0.15, 0.2) is 5.78 Å². The van der Waals surface area contributed by atoms with Crippen molar-refractivity contribution in [3.05, 3.63) is 34.9 Å². The quantitative estimate of drug-likeness (QED) is 0.579. The van der Waals surface area contributed by atoms with Crippen molar-refractivity contribution in [1.29, 1.82) is 0 Å². The molecule has 0 aromatic heterocycles. The molecule has 0 amide bonds. The summed E-state index contributed by atoms with van der Waals surface area (Å²) in [6.07, 6.45) is 1.16. The molecule has 0 fully saturated rings. The molecule has 2 rings (SSSR count). The van der Waals surface area contributed by atoms with Gasteiger partial charge in [-0.05, 0) is 31.4 Å². The van der Waals surface area contributed by atoms with Crippen molar-refractivity contribution in [2.45, 2.75) is 32.6 Å². The van der Waals surface area contributed by atoms with Gasteiger partial charge in [-0.25, -0.2) is 0 Å². The fourth-order valence-corrected chi connectivity index (χ4v) is 2.27. The Morgan fingerprint density at radius 2 is 2.18 bits per heavy atom. The number of carbonyl (C=O) groups excluding carboxylic acids is 2. The van der Waals surface area contributed by atoms with E-state index >= 15 is 0 Å². The Bertz CT molecular complexity index is 463. The normalized spacial score (nSPS) is 18.7. The molecule has 1 unspecified atom stereocenters. The number of hydrogen-bond acceptors (Lipinski definition) is 3. The molecule has 1 aliphatic carbocycles. The summed E-state index contributed by atoms with van der Waals surface area (Å²) in [5, 5.41) is 0. The molecule has 0 radical (unpaired) electrons. The molecule has 0 saturated carbocycles. The van der Waals surface area contributed by atoms with E-state index in [1.54, 1.807) is 6.92 Å². The van der Waals surface area contributed by atoms with Crippen LogP contribution in [0, 0.1) is 6.92 Å². The summed E-state index contributed by atoms with van der Waals surface area (Å²) in [5.41, 5.74) is 2.99. The standard InChI is InChI=1S/C14H16O3/c1-3-17-14(16)13-11-8-9(2)4-5-10(11)6-7-12(13)15/h4-5,8,13H,3,6-7H2,1-2H3. The Morgan fingerprint density at radius 3 is 2.88 bits per heavy atom. The van der Waals surface area contributed by atoms with E-state index in [1.807, 2.05) is 25.1 Å². The number of ketones is 1. The molecule has 0 heterocycles. The van der Waals surface area contributed by atoms with Crippen LogP contribution in [0.5, 0.6) is 0 Å². The summed E-state index contributed by atoms with van der Waals surface area (Å²) >= 11 is 0. The van der Waals surface area contributed by atoms with Gasteiger partial charge in [-0.3, -0.25) is 9.59 Å². The molecule has 17 heavy (non-hydrogen) atoms. The number of fused-ring (bicyclic) bond motifs is 1. The van der Waals surface area contributed by atoms with Gasteiger partial charge in [-0.15, -0.1) is 0 Å². The van der Waals surface area contributed by atoms with Gasteiger partial charge in [-0.1, -0.05) is 23.8 Å². The van der Waals surface area contributed by atoms with Gasteiger partial charge in [0.05, 0.1) is 6.61 Å². The summed E-state index contributed by atoms with van der Waals surface area (Å²) in [7, 11) is 0. The maximum atomic E-state index is 11.9. The zero-order chi connectivity index (χ0) is 12.4. The third-order valence-corrected chi connectivity index (χ3v) is 3.10. The van der Waals surface area contributed by atoms with Gasteiger partial charge in [0, 0.05) is 6.42 Å². The van der Waals surface area contributed by atoms with Crippen molar-refractivity contribution in [1.82, 2.24) is 0 Å². The highest BCUT2D eigenvalue weighted by Crippen LogP contribution is 2.30. The maximum absolute atomic E-state index is 11.9. The number of benzene rings is 1. The highest BCUT2D eigenvalue weighted by Gasteiger charge is 2.34. The van der Waals surface area contributed by atoms with Crippen molar-refractivity contribution < 1.29 is 14.3 Å². The van der Waals surface area contributed by atoms with Crippen LogP contribution in [-0.2, 0) is 20.7 Å². The number of rotatable bonds is 2. The minimum atomic E-state index is -0.710. The van der Waals surface area contributed by atoms with E-state index < -0.39 is 11.9 Å².